The van der Waals surface area contributed by atoms with Crippen LogP contribution in [0.3, 0.4) is 0 Å². The van der Waals surface area contributed by atoms with Crippen molar-refractivity contribution >= 4 is 23.3 Å². The van der Waals surface area contributed by atoms with Crippen LogP contribution in [0.2, 0.25) is 5.02 Å². The van der Waals surface area contributed by atoms with Crippen LogP contribution in [0.15, 0.2) is 91.1 Å². The topological polar surface area (TPSA) is 55.1 Å². The second-order valence-corrected chi connectivity index (χ2v) is 10.2. The molecule has 1 aliphatic rings. The van der Waals surface area contributed by atoms with Gasteiger partial charge < -0.3 is 14.8 Å². The first-order chi connectivity index (χ1) is 18.4. The molecule has 1 aliphatic heterocycles. The van der Waals surface area contributed by atoms with Gasteiger partial charge in [-0.3, -0.25) is 0 Å². The molecular formula is C31H28ClN5O. The van der Waals surface area contributed by atoms with Gasteiger partial charge in [0, 0.05) is 22.5 Å². The summed E-state index contributed by atoms with van der Waals surface area (Å²) in [5.41, 5.74) is 7.70. The molecule has 0 bridgehead atoms. The maximum absolute atomic E-state index is 14.1. The molecule has 0 spiro atoms. The SMILES string of the molecule is Cc1ccc(C)c(NC(=O)N2Cc3c(C)nn(-c4ccccc4)c3-n3cccc3[C@H]2c2ccc(Cl)cc2)c1. The lowest BCUT2D eigenvalue weighted by Crippen LogP contribution is -2.38. The highest BCUT2D eigenvalue weighted by Gasteiger charge is 2.36. The second-order valence-electron chi connectivity index (χ2n) is 9.77. The van der Waals surface area contributed by atoms with Crippen LogP contribution < -0.4 is 5.32 Å². The van der Waals surface area contributed by atoms with E-state index in [0.29, 0.717) is 11.6 Å². The molecule has 0 unspecified atom stereocenters. The van der Waals surface area contributed by atoms with Gasteiger partial charge in [0.1, 0.15) is 5.82 Å². The van der Waals surface area contributed by atoms with Gasteiger partial charge in [-0.1, -0.05) is 54.1 Å². The van der Waals surface area contributed by atoms with Gasteiger partial charge in [0.25, 0.3) is 0 Å². The number of aryl methyl sites for hydroxylation is 3. The molecule has 7 heteroatoms. The number of nitrogens with zero attached hydrogens (tertiary/aromatic N) is 4. The van der Waals surface area contributed by atoms with Crippen LogP contribution >= 0.6 is 11.6 Å². The molecule has 0 radical (unpaired) electrons. The first-order valence-electron chi connectivity index (χ1n) is 12.6. The Labute approximate surface area is 227 Å². The second kappa shape index (κ2) is 9.54. The van der Waals surface area contributed by atoms with Crippen LogP contribution in [0, 0.1) is 20.8 Å². The van der Waals surface area contributed by atoms with Gasteiger partial charge in [-0.15, -0.1) is 0 Å². The lowest BCUT2D eigenvalue weighted by atomic mass is 10.0. The van der Waals surface area contributed by atoms with E-state index in [4.69, 9.17) is 16.7 Å². The van der Waals surface area contributed by atoms with E-state index in [0.717, 1.165) is 50.8 Å². The molecule has 1 atom stereocenters. The number of fused-ring (bicyclic) bond motifs is 3. The highest BCUT2D eigenvalue weighted by molar-refractivity contribution is 6.30. The Kier molecular flexibility index (Phi) is 6.04. The average molecular weight is 522 g/mol. The van der Waals surface area contributed by atoms with Crippen molar-refractivity contribution in [2.45, 2.75) is 33.4 Å². The molecule has 0 saturated heterocycles. The van der Waals surface area contributed by atoms with Crippen molar-refractivity contribution in [3.8, 4) is 11.5 Å². The normalized spacial score (nSPS) is 14.5. The molecule has 3 heterocycles. The summed E-state index contributed by atoms with van der Waals surface area (Å²) in [5.74, 6) is 0.940. The van der Waals surface area contributed by atoms with Crippen molar-refractivity contribution in [1.29, 1.82) is 0 Å². The molecule has 6 rings (SSSR count). The molecule has 0 aliphatic carbocycles. The third-order valence-electron chi connectivity index (χ3n) is 7.17. The lowest BCUT2D eigenvalue weighted by Gasteiger charge is -2.31. The molecule has 6 nitrogen and oxygen atoms in total. The summed E-state index contributed by atoms with van der Waals surface area (Å²) in [4.78, 5) is 16.0. The average Bonchev–Trinajstić information content (AvgIpc) is 3.48. The number of urea groups is 1. The van der Waals surface area contributed by atoms with E-state index in [-0.39, 0.29) is 12.1 Å². The number of hydrogen-bond acceptors (Lipinski definition) is 2. The third kappa shape index (κ3) is 4.17. The number of carbonyl (C=O) groups excluding carboxylic acids is 1. The van der Waals surface area contributed by atoms with E-state index in [2.05, 4.69) is 16.0 Å². The number of aromatic nitrogens is 3. The minimum absolute atomic E-state index is 0.175. The quantitative estimate of drug-likeness (QED) is 0.269. The standard InChI is InChI=1S/C31H28ClN5O/c1-20-11-12-21(2)27(18-20)33-31(38)36-19-26-22(3)34-37(25-8-5-4-6-9-25)30(26)35-17-7-10-28(35)29(36)23-13-15-24(32)16-14-23/h4-18,29H,19H2,1-3H3,(H,33,38)/t29-/m1/s1. The van der Waals surface area contributed by atoms with Gasteiger partial charge in [0.15, 0.2) is 0 Å². The highest BCUT2D eigenvalue weighted by Crippen LogP contribution is 2.39. The largest absolute Gasteiger partial charge is 0.322 e. The van der Waals surface area contributed by atoms with Crippen molar-refractivity contribution in [2.24, 2.45) is 0 Å². The van der Waals surface area contributed by atoms with Gasteiger partial charge in [-0.25, -0.2) is 9.48 Å². The zero-order chi connectivity index (χ0) is 26.4. The Balaban J connectivity index is 1.54. The van der Waals surface area contributed by atoms with Gasteiger partial charge in [0.05, 0.1) is 29.7 Å². The summed E-state index contributed by atoms with van der Waals surface area (Å²) in [6.07, 6.45) is 2.05. The molecule has 2 aromatic heterocycles. The third-order valence-corrected chi connectivity index (χ3v) is 7.42. The zero-order valence-electron chi connectivity index (χ0n) is 21.5. The molecular weight excluding hydrogens is 494 g/mol. The molecule has 1 N–H and O–H groups in total. The number of amides is 2. The van der Waals surface area contributed by atoms with E-state index < -0.39 is 0 Å². The van der Waals surface area contributed by atoms with E-state index in [1.165, 1.54) is 0 Å². The van der Waals surface area contributed by atoms with E-state index >= 15 is 0 Å². The summed E-state index contributed by atoms with van der Waals surface area (Å²) >= 11 is 6.26. The Bertz CT molecular complexity index is 1640. The molecule has 0 saturated carbocycles. The number of rotatable bonds is 3. The summed E-state index contributed by atoms with van der Waals surface area (Å²) in [6, 6.07) is 27.5. The number of anilines is 1. The summed E-state index contributed by atoms with van der Waals surface area (Å²) in [7, 11) is 0. The summed E-state index contributed by atoms with van der Waals surface area (Å²) in [6.45, 7) is 6.42. The van der Waals surface area contributed by atoms with E-state index in [1.807, 2.05) is 115 Å². The molecule has 0 fully saturated rings. The fourth-order valence-electron chi connectivity index (χ4n) is 5.20. The molecule has 38 heavy (non-hydrogen) atoms. The van der Waals surface area contributed by atoms with Crippen molar-refractivity contribution in [2.75, 3.05) is 5.32 Å². The van der Waals surface area contributed by atoms with Gasteiger partial charge in [-0.2, -0.15) is 5.10 Å². The Hall–Kier alpha value is -4.29. The van der Waals surface area contributed by atoms with Crippen LogP contribution in [0.1, 0.15) is 39.7 Å². The van der Waals surface area contributed by atoms with Crippen LogP contribution in [0.4, 0.5) is 10.5 Å². The fourth-order valence-corrected chi connectivity index (χ4v) is 5.33. The van der Waals surface area contributed by atoms with Crippen LogP contribution in [-0.4, -0.2) is 25.3 Å². The minimum atomic E-state index is -0.344. The Morgan fingerprint density at radius 2 is 1.71 bits per heavy atom. The number of halogens is 1. The maximum atomic E-state index is 14.1. The molecule has 2 amide bonds. The van der Waals surface area contributed by atoms with Gasteiger partial charge >= 0.3 is 6.03 Å². The van der Waals surface area contributed by atoms with Crippen molar-refractivity contribution in [3.63, 3.8) is 0 Å². The monoisotopic (exact) mass is 521 g/mol. The van der Waals surface area contributed by atoms with Crippen molar-refractivity contribution in [1.82, 2.24) is 19.2 Å². The summed E-state index contributed by atoms with van der Waals surface area (Å²) in [5, 5.41) is 8.77. The highest BCUT2D eigenvalue weighted by atomic mass is 35.5. The van der Waals surface area contributed by atoms with E-state index in [1.54, 1.807) is 0 Å². The van der Waals surface area contributed by atoms with Crippen molar-refractivity contribution in [3.05, 3.63) is 130 Å². The fraction of sp³-hybridized carbons (Fsp3) is 0.161. The van der Waals surface area contributed by atoms with Crippen LogP contribution in [-0.2, 0) is 6.54 Å². The van der Waals surface area contributed by atoms with E-state index in [9.17, 15) is 4.79 Å². The predicted octanol–water partition coefficient (Wildman–Crippen LogP) is 7.38. The number of hydrogen-bond donors (Lipinski definition) is 1. The van der Waals surface area contributed by atoms with Crippen LogP contribution in [0.25, 0.3) is 11.5 Å². The Morgan fingerprint density at radius 1 is 0.947 bits per heavy atom. The maximum Gasteiger partial charge on any atom is 0.322 e. The predicted molar refractivity (Wildman–Crippen MR) is 151 cm³/mol. The van der Waals surface area contributed by atoms with Gasteiger partial charge in [0.2, 0.25) is 0 Å². The molecule has 5 aromatic rings. The summed E-state index contributed by atoms with van der Waals surface area (Å²) < 4.78 is 4.13. The Morgan fingerprint density at radius 3 is 2.47 bits per heavy atom. The van der Waals surface area contributed by atoms with Crippen LogP contribution in [0.5, 0.6) is 0 Å². The number of nitrogens with one attached hydrogen (secondary N) is 1. The molecule has 190 valence electrons. The zero-order valence-corrected chi connectivity index (χ0v) is 22.3. The number of para-hydroxylation sites is 1. The first kappa shape index (κ1) is 24.1. The van der Waals surface area contributed by atoms with Gasteiger partial charge in [-0.05, 0) is 79.9 Å². The number of benzene rings is 3. The first-order valence-corrected chi connectivity index (χ1v) is 13.0. The lowest BCUT2D eigenvalue weighted by molar-refractivity contribution is 0.194. The molecule has 3 aromatic carbocycles. The number of carbonyl (C=O) groups is 1. The van der Waals surface area contributed by atoms with Crippen molar-refractivity contribution < 1.29 is 4.79 Å². The smallest absolute Gasteiger partial charge is 0.308 e. The minimum Gasteiger partial charge on any atom is -0.308 e.